The van der Waals surface area contributed by atoms with Crippen molar-refractivity contribution in [3.05, 3.63) is 47.7 Å². The van der Waals surface area contributed by atoms with Crippen LogP contribution in [0.15, 0.2) is 36.5 Å². The molecular formula is C21H24N2O5. The van der Waals surface area contributed by atoms with Crippen molar-refractivity contribution in [2.75, 3.05) is 26.8 Å². The van der Waals surface area contributed by atoms with E-state index in [1.807, 2.05) is 18.2 Å². The van der Waals surface area contributed by atoms with Crippen LogP contribution in [0.5, 0.6) is 5.75 Å². The number of pyridine rings is 1. The van der Waals surface area contributed by atoms with Crippen molar-refractivity contribution in [3.8, 4) is 17.0 Å². The molecule has 28 heavy (non-hydrogen) atoms. The molecule has 0 atom stereocenters. The fourth-order valence-corrected chi connectivity index (χ4v) is 3.27. The Morgan fingerprint density at radius 1 is 1.29 bits per heavy atom. The third kappa shape index (κ3) is 4.86. The summed E-state index contributed by atoms with van der Waals surface area (Å²) in [5, 5.41) is 9.00. The normalized spacial score (nSPS) is 14.7. The lowest BCUT2D eigenvalue weighted by atomic mass is 9.98. The molecular weight excluding hydrogens is 360 g/mol. The van der Waals surface area contributed by atoms with Crippen molar-refractivity contribution in [1.29, 1.82) is 0 Å². The van der Waals surface area contributed by atoms with Gasteiger partial charge in [-0.3, -0.25) is 9.78 Å². The Hall–Kier alpha value is -2.93. The third-order valence-electron chi connectivity index (χ3n) is 4.94. The van der Waals surface area contributed by atoms with Crippen LogP contribution in [-0.2, 0) is 16.1 Å². The standard InChI is InChI=1S/C21H24N2O5/c1-27-13-18-10-16(19-4-2-17(11-22-19)21(25)26)3-5-20(18)28-12-15-6-8-23(14-24)9-7-15/h2-5,10-11,14-15H,6-9,12-13H2,1H3,(H,25,26). The number of carbonyl (C=O) groups excluding carboxylic acids is 1. The van der Waals surface area contributed by atoms with Crippen LogP contribution in [0.25, 0.3) is 11.3 Å². The van der Waals surface area contributed by atoms with E-state index in [2.05, 4.69) is 4.98 Å². The van der Waals surface area contributed by atoms with Gasteiger partial charge in [-0.05, 0) is 49.1 Å². The summed E-state index contributed by atoms with van der Waals surface area (Å²) in [6.45, 7) is 2.56. The highest BCUT2D eigenvalue weighted by Gasteiger charge is 2.19. The van der Waals surface area contributed by atoms with E-state index in [1.165, 1.54) is 12.3 Å². The first kappa shape index (κ1) is 19.8. The minimum atomic E-state index is -0.998. The monoisotopic (exact) mass is 384 g/mol. The quantitative estimate of drug-likeness (QED) is 0.704. The maximum absolute atomic E-state index is 11.0. The number of rotatable bonds is 8. The van der Waals surface area contributed by atoms with Crippen molar-refractivity contribution in [2.45, 2.75) is 19.4 Å². The molecule has 148 valence electrons. The summed E-state index contributed by atoms with van der Waals surface area (Å²) >= 11 is 0. The molecule has 0 unspecified atom stereocenters. The Morgan fingerprint density at radius 2 is 2.07 bits per heavy atom. The van der Waals surface area contributed by atoms with Gasteiger partial charge >= 0.3 is 5.97 Å². The molecule has 1 aliphatic heterocycles. The number of nitrogens with zero attached hydrogens (tertiary/aromatic N) is 2. The van der Waals surface area contributed by atoms with Gasteiger partial charge in [0.05, 0.1) is 24.5 Å². The summed E-state index contributed by atoms with van der Waals surface area (Å²) in [6, 6.07) is 8.99. The van der Waals surface area contributed by atoms with E-state index in [4.69, 9.17) is 14.6 Å². The van der Waals surface area contributed by atoms with Crippen molar-refractivity contribution in [2.24, 2.45) is 5.92 Å². The number of hydrogen-bond acceptors (Lipinski definition) is 5. The molecule has 1 aromatic carbocycles. The lowest BCUT2D eigenvalue weighted by Crippen LogP contribution is -2.34. The number of likely N-dealkylation sites (tertiary alicyclic amines) is 1. The van der Waals surface area contributed by atoms with Crippen LogP contribution in [-0.4, -0.2) is 54.2 Å². The number of carbonyl (C=O) groups is 2. The number of piperidine rings is 1. The zero-order chi connectivity index (χ0) is 19.9. The van der Waals surface area contributed by atoms with Gasteiger partial charge in [0, 0.05) is 37.5 Å². The van der Waals surface area contributed by atoms with Crippen LogP contribution in [0.4, 0.5) is 0 Å². The number of benzene rings is 1. The van der Waals surface area contributed by atoms with Gasteiger partial charge in [-0.1, -0.05) is 0 Å². The average molecular weight is 384 g/mol. The Morgan fingerprint density at radius 3 is 2.68 bits per heavy atom. The predicted molar refractivity (Wildman–Crippen MR) is 103 cm³/mol. The largest absolute Gasteiger partial charge is 0.493 e. The van der Waals surface area contributed by atoms with E-state index >= 15 is 0 Å². The van der Waals surface area contributed by atoms with Crippen LogP contribution < -0.4 is 4.74 Å². The van der Waals surface area contributed by atoms with Gasteiger partial charge in [0.25, 0.3) is 0 Å². The second-order valence-corrected chi connectivity index (χ2v) is 6.89. The number of hydrogen-bond donors (Lipinski definition) is 1. The van der Waals surface area contributed by atoms with Crippen LogP contribution in [0.2, 0.25) is 0 Å². The summed E-state index contributed by atoms with van der Waals surface area (Å²) in [5.74, 6) is 0.198. The molecule has 1 N–H and O–H groups in total. The van der Waals surface area contributed by atoms with Gasteiger partial charge in [0.15, 0.2) is 0 Å². The number of carboxylic acids is 1. The highest BCUT2D eigenvalue weighted by atomic mass is 16.5. The van der Waals surface area contributed by atoms with Crippen LogP contribution in [0, 0.1) is 5.92 Å². The summed E-state index contributed by atoms with van der Waals surface area (Å²) in [7, 11) is 1.63. The fourth-order valence-electron chi connectivity index (χ4n) is 3.27. The minimum absolute atomic E-state index is 0.154. The highest BCUT2D eigenvalue weighted by Crippen LogP contribution is 2.28. The molecule has 0 radical (unpaired) electrons. The van der Waals surface area contributed by atoms with Gasteiger partial charge < -0.3 is 19.5 Å². The van der Waals surface area contributed by atoms with E-state index in [-0.39, 0.29) is 5.56 Å². The first-order valence-electron chi connectivity index (χ1n) is 9.24. The molecule has 0 saturated carbocycles. The van der Waals surface area contributed by atoms with Crippen molar-refractivity contribution in [3.63, 3.8) is 0 Å². The molecule has 7 heteroatoms. The average Bonchev–Trinajstić information content (AvgIpc) is 2.73. The van der Waals surface area contributed by atoms with Crippen molar-refractivity contribution in [1.82, 2.24) is 9.88 Å². The summed E-state index contributed by atoms with van der Waals surface area (Å²) < 4.78 is 11.4. The van der Waals surface area contributed by atoms with Gasteiger partial charge in [0.1, 0.15) is 5.75 Å². The number of ether oxygens (including phenoxy) is 2. The smallest absolute Gasteiger partial charge is 0.337 e. The number of aromatic carboxylic acids is 1. The molecule has 1 amide bonds. The van der Waals surface area contributed by atoms with Gasteiger partial charge in [-0.2, -0.15) is 0 Å². The maximum atomic E-state index is 11.0. The molecule has 0 bridgehead atoms. The Balaban J connectivity index is 1.70. The molecule has 7 nitrogen and oxygen atoms in total. The second kappa shape index (κ2) is 9.32. The third-order valence-corrected chi connectivity index (χ3v) is 4.94. The number of amides is 1. The molecule has 0 spiro atoms. The van der Waals surface area contributed by atoms with Gasteiger partial charge in [-0.15, -0.1) is 0 Å². The van der Waals surface area contributed by atoms with E-state index in [0.29, 0.717) is 24.8 Å². The lowest BCUT2D eigenvalue weighted by Gasteiger charge is -2.29. The van der Waals surface area contributed by atoms with Gasteiger partial charge in [0.2, 0.25) is 6.41 Å². The van der Waals surface area contributed by atoms with E-state index in [9.17, 15) is 9.59 Å². The zero-order valence-electron chi connectivity index (χ0n) is 15.8. The number of aromatic nitrogens is 1. The molecule has 2 heterocycles. The van der Waals surface area contributed by atoms with Crippen LogP contribution in [0.3, 0.4) is 0 Å². The molecule has 2 aromatic rings. The Bertz CT molecular complexity index is 814. The minimum Gasteiger partial charge on any atom is -0.493 e. The zero-order valence-corrected chi connectivity index (χ0v) is 15.8. The first-order chi connectivity index (χ1) is 13.6. The van der Waals surface area contributed by atoms with Gasteiger partial charge in [-0.25, -0.2) is 4.79 Å². The summed E-state index contributed by atoms with van der Waals surface area (Å²) in [6.07, 6.45) is 4.14. The molecule has 3 rings (SSSR count). The van der Waals surface area contributed by atoms with Crippen molar-refractivity contribution < 1.29 is 24.2 Å². The summed E-state index contributed by atoms with van der Waals surface area (Å²) in [5.41, 5.74) is 2.63. The Kier molecular flexibility index (Phi) is 6.60. The molecule has 1 fully saturated rings. The molecule has 1 saturated heterocycles. The Labute approximate surface area is 163 Å². The molecule has 1 aromatic heterocycles. The fraction of sp³-hybridized carbons (Fsp3) is 0.381. The number of methoxy groups -OCH3 is 1. The number of carboxylic acid groups (broad SMARTS) is 1. The lowest BCUT2D eigenvalue weighted by molar-refractivity contribution is -0.119. The van der Waals surface area contributed by atoms with Crippen molar-refractivity contribution >= 4 is 12.4 Å². The second-order valence-electron chi connectivity index (χ2n) is 6.89. The molecule has 1 aliphatic rings. The van der Waals surface area contributed by atoms with E-state index in [1.54, 1.807) is 18.1 Å². The highest BCUT2D eigenvalue weighted by molar-refractivity contribution is 5.87. The topological polar surface area (TPSA) is 89.0 Å². The summed E-state index contributed by atoms with van der Waals surface area (Å²) in [4.78, 5) is 27.8. The first-order valence-corrected chi connectivity index (χ1v) is 9.24. The van der Waals surface area contributed by atoms with Crippen LogP contribution in [0.1, 0.15) is 28.8 Å². The van der Waals surface area contributed by atoms with E-state index < -0.39 is 5.97 Å². The maximum Gasteiger partial charge on any atom is 0.337 e. The SMILES string of the molecule is COCc1cc(-c2ccc(C(=O)O)cn2)ccc1OCC1CCN(C=O)CC1. The van der Waals surface area contributed by atoms with Crippen LogP contribution >= 0.6 is 0 Å². The predicted octanol–water partition coefficient (Wildman–Crippen LogP) is 2.84. The van der Waals surface area contributed by atoms with E-state index in [0.717, 1.165) is 49.2 Å². The molecule has 0 aliphatic carbocycles.